The van der Waals surface area contributed by atoms with Crippen LogP contribution in [-0.2, 0) is 16.3 Å². The SMILES string of the molecule is C[Si](C)(C)CCOCn1cnc2cc([C@H](NC(=O)CC3CC(F)(F)C3)C3CC3)ccc21. The Bertz CT molecular complexity index is 929. The zero-order valence-electron chi connectivity index (χ0n) is 18.7. The summed E-state index contributed by atoms with van der Waals surface area (Å²) in [5.41, 5.74) is 2.92. The van der Waals surface area contributed by atoms with E-state index in [-0.39, 0.29) is 37.1 Å². The van der Waals surface area contributed by atoms with Gasteiger partial charge < -0.3 is 14.6 Å². The summed E-state index contributed by atoms with van der Waals surface area (Å²) in [5.74, 6) is -2.49. The van der Waals surface area contributed by atoms with Crippen molar-refractivity contribution in [2.24, 2.45) is 11.8 Å². The predicted molar refractivity (Wildman–Crippen MR) is 120 cm³/mol. The first-order valence-electron chi connectivity index (χ1n) is 11.3. The number of hydrogen-bond acceptors (Lipinski definition) is 3. The highest BCUT2D eigenvalue weighted by atomic mass is 28.3. The molecular formula is C23H33F2N3O2Si. The Morgan fingerprint density at radius 2 is 2.06 bits per heavy atom. The van der Waals surface area contributed by atoms with Gasteiger partial charge in [-0.05, 0) is 48.4 Å². The maximum Gasteiger partial charge on any atom is 0.248 e. The van der Waals surface area contributed by atoms with Gasteiger partial charge in [0.2, 0.25) is 11.8 Å². The third kappa shape index (κ3) is 5.92. The molecule has 2 aromatic rings. The number of fused-ring (bicyclic) bond motifs is 1. The number of hydrogen-bond donors (Lipinski definition) is 1. The van der Waals surface area contributed by atoms with E-state index in [4.69, 9.17) is 4.74 Å². The van der Waals surface area contributed by atoms with Crippen molar-refractivity contribution in [2.75, 3.05) is 6.61 Å². The summed E-state index contributed by atoms with van der Waals surface area (Å²) < 4.78 is 34.0. The van der Waals surface area contributed by atoms with E-state index in [1.165, 1.54) is 0 Å². The molecule has 1 amide bonds. The normalized spacial score (nSPS) is 19.9. The van der Waals surface area contributed by atoms with Gasteiger partial charge in [-0.3, -0.25) is 4.79 Å². The van der Waals surface area contributed by atoms with Gasteiger partial charge in [0.25, 0.3) is 0 Å². The quantitative estimate of drug-likeness (QED) is 0.393. The van der Waals surface area contributed by atoms with E-state index < -0.39 is 14.0 Å². The molecule has 0 spiro atoms. The molecule has 170 valence electrons. The van der Waals surface area contributed by atoms with Gasteiger partial charge in [0.05, 0.1) is 23.4 Å². The molecular weight excluding hydrogens is 416 g/mol. The van der Waals surface area contributed by atoms with Crippen molar-refractivity contribution in [2.45, 2.75) is 76.5 Å². The van der Waals surface area contributed by atoms with Gasteiger partial charge in [0.15, 0.2) is 0 Å². The van der Waals surface area contributed by atoms with Crippen LogP contribution in [0.3, 0.4) is 0 Å². The number of ether oxygens (including phenoxy) is 1. The van der Waals surface area contributed by atoms with Crippen LogP contribution in [0.2, 0.25) is 25.7 Å². The second kappa shape index (κ2) is 8.62. The molecule has 2 saturated carbocycles. The molecule has 1 aromatic heterocycles. The molecule has 0 radical (unpaired) electrons. The van der Waals surface area contributed by atoms with Gasteiger partial charge in [0.1, 0.15) is 6.73 Å². The molecule has 2 fully saturated rings. The number of benzene rings is 1. The lowest BCUT2D eigenvalue weighted by Crippen LogP contribution is -2.39. The van der Waals surface area contributed by atoms with Crippen LogP contribution in [0.5, 0.6) is 0 Å². The molecule has 0 aliphatic heterocycles. The van der Waals surface area contributed by atoms with Crippen LogP contribution in [-0.4, -0.2) is 36.1 Å². The standard InChI is InChI=1S/C23H33F2N3O2Si/c1-31(2,3)9-8-30-15-28-14-26-19-11-18(6-7-20(19)28)22(17-4-5-17)27-21(29)10-16-12-23(24,25)13-16/h6-7,11,14,16-17,22H,4-5,8-10,12-13,15H2,1-3H3,(H,27,29)/t22-/m1/s1. The second-order valence-corrected chi connectivity index (χ2v) is 16.1. The number of alkyl halides is 2. The van der Waals surface area contributed by atoms with Crippen LogP contribution in [0.25, 0.3) is 11.0 Å². The van der Waals surface area contributed by atoms with Gasteiger partial charge in [-0.25, -0.2) is 13.8 Å². The Morgan fingerprint density at radius 3 is 2.71 bits per heavy atom. The zero-order valence-corrected chi connectivity index (χ0v) is 19.7. The summed E-state index contributed by atoms with van der Waals surface area (Å²) in [7, 11) is -1.11. The fourth-order valence-electron chi connectivity index (χ4n) is 4.25. The summed E-state index contributed by atoms with van der Waals surface area (Å²) in [6.45, 7) is 8.24. The van der Waals surface area contributed by atoms with Gasteiger partial charge >= 0.3 is 0 Å². The average molecular weight is 450 g/mol. The van der Waals surface area contributed by atoms with E-state index >= 15 is 0 Å². The third-order valence-corrected chi connectivity index (χ3v) is 7.99. The second-order valence-electron chi connectivity index (χ2n) is 10.5. The molecule has 0 bridgehead atoms. The fourth-order valence-corrected chi connectivity index (χ4v) is 5.00. The molecule has 8 heteroatoms. The summed E-state index contributed by atoms with van der Waals surface area (Å²) in [6, 6.07) is 7.17. The van der Waals surface area contributed by atoms with Crippen LogP contribution in [0.1, 0.15) is 43.7 Å². The maximum absolute atomic E-state index is 13.1. The first-order valence-corrected chi connectivity index (χ1v) is 15.0. The topological polar surface area (TPSA) is 56.1 Å². The van der Waals surface area contributed by atoms with Crippen molar-refractivity contribution < 1.29 is 18.3 Å². The molecule has 2 aliphatic carbocycles. The first-order chi connectivity index (χ1) is 14.6. The molecule has 1 N–H and O–H groups in total. The highest BCUT2D eigenvalue weighted by molar-refractivity contribution is 6.76. The Hall–Kier alpha value is -1.80. The highest BCUT2D eigenvalue weighted by Crippen LogP contribution is 2.45. The Morgan fingerprint density at radius 1 is 1.32 bits per heavy atom. The van der Waals surface area contributed by atoms with Crippen molar-refractivity contribution in [3.05, 3.63) is 30.1 Å². The Kier molecular flexibility index (Phi) is 6.22. The number of nitrogens with zero attached hydrogens (tertiary/aromatic N) is 2. The summed E-state index contributed by atoms with van der Waals surface area (Å²) >= 11 is 0. The number of imidazole rings is 1. The van der Waals surface area contributed by atoms with Crippen molar-refractivity contribution in [1.82, 2.24) is 14.9 Å². The maximum atomic E-state index is 13.1. The van der Waals surface area contributed by atoms with Gasteiger partial charge in [-0.1, -0.05) is 25.7 Å². The zero-order chi connectivity index (χ0) is 22.2. The molecule has 1 atom stereocenters. The average Bonchev–Trinajstić information content (AvgIpc) is 3.41. The van der Waals surface area contributed by atoms with Gasteiger partial charge in [-0.2, -0.15) is 0 Å². The van der Waals surface area contributed by atoms with Crippen LogP contribution in [0.15, 0.2) is 24.5 Å². The Labute approximate surface area is 183 Å². The minimum absolute atomic E-state index is 0.0735. The third-order valence-electron chi connectivity index (χ3n) is 6.29. The molecule has 1 aromatic carbocycles. The fraction of sp³-hybridized carbons (Fsp3) is 0.652. The number of rotatable bonds is 10. The van der Waals surface area contributed by atoms with E-state index in [2.05, 4.69) is 29.9 Å². The minimum Gasteiger partial charge on any atom is -0.361 e. The largest absolute Gasteiger partial charge is 0.361 e. The van der Waals surface area contributed by atoms with E-state index in [1.54, 1.807) is 6.33 Å². The molecule has 2 aliphatic rings. The lowest BCUT2D eigenvalue weighted by molar-refractivity contribution is -0.134. The lowest BCUT2D eigenvalue weighted by atomic mass is 9.79. The number of halogens is 2. The van der Waals surface area contributed by atoms with E-state index in [1.807, 2.05) is 22.8 Å². The summed E-state index contributed by atoms with van der Waals surface area (Å²) in [4.78, 5) is 17.0. The molecule has 0 saturated heterocycles. The van der Waals surface area contributed by atoms with Crippen LogP contribution < -0.4 is 5.32 Å². The molecule has 0 unspecified atom stereocenters. The highest BCUT2D eigenvalue weighted by Gasteiger charge is 2.46. The smallest absolute Gasteiger partial charge is 0.248 e. The van der Waals surface area contributed by atoms with E-state index in [0.29, 0.717) is 12.6 Å². The first kappa shape index (κ1) is 22.4. The van der Waals surface area contributed by atoms with Crippen molar-refractivity contribution in [3.63, 3.8) is 0 Å². The van der Waals surface area contributed by atoms with Crippen molar-refractivity contribution in [3.8, 4) is 0 Å². The molecule has 5 nitrogen and oxygen atoms in total. The molecule has 4 rings (SSSR count). The van der Waals surface area contributed by atoms with Gasteiger partial charge in [-0.15, -0.1) is 0 Å². The summed E-state index contributed by atoms with van der Waals surface area (Å²) in [5, 5.41) is 3.11. The number of amides is 1. The lowest BCUT2D eigenvalue weighted by Gasteiger charge is -2.34. The minimum atomic E-state index is -2.58. The van der Waals surface area contributed by atoms with Crippen molar-refractivity contribution >= 4 is 25.0 Å². The van der Waals surface area contributed by atoms with Crippen molar-refractivity contribution in [1.29, 1.82) is 0 Å². The predicted octanol–water partition coefficient (Wildman–Crippen LogP) is 5.35. The molecule has 1 heterocycles. The number of carbonyl (C=O) groups excluding carboxylic acids is 1. The number of aromatic nitrogens is 2. The van der Waals surface area contributed by atoms with Crippen LogP contribution in [0.4, 0.5) is 8.78 Å². The number of nitrogens with one attached hydrogen (secondary N) is 1. The monoisotopic (exact) mass is 449 g/mol. The van der Waals surface area contributed by atoms with Crippen LogP contribution in [0, 0.1) is 11.8 Å². The molecule has 31 heavy (non-hydrogen) atoms. The van der Waals surface area contributed by atoms with Gasteiger partial charge in [0, 0.05) is 33.9 Å². The number of carbonyl (C=O) groups is 1. The van der Waals surface area contributed by atoms with Crippen LogP contribution >= 0.6 is 0 Å². The Balaban J connectivity index is 1.37. The van der Waals surface area contributed by atoms with E-state index in [9.17, 15) is 13.6 Å². The van der Waals surface area contributed by atoms with E-state index in [0.717, 1.165) is 42.1 Å². The summed E-state index contributed by atoms with van der Waals surface area (Å²) in [6.07, 6.45) is 3.79.